The molecule has 0 aliphatic carbocycles. The van der Waals surface area contributed by atoms with Gasteiger partial charge in [-0.2, -0.15) is 0 Å². The summed E-state index contributed by atoms with van der Waals surface area (Å²) in [6.07, 6.45) is -4.17. The molecule has 0 aromatic carbocycles. The van der Waals surface area contributed by atoms with E-state index in [0.29, 0.717) is 13.0 Å². The summed E-state index contributed by atoms with van der Waals surface area (Å²) in [7, 11) is 0. The number of rotatable bonds is 40. The zero-order valence-corrected chi connectivity index (χ0v) is 59.1. The summed E-state index contributed by atoms with van der Waals surface area (Å²) in [5.74, 6) is -7.60. The Morgan fingerprint density at radius 1 is 0.415 bits per heavy atom. The molecule has 3 aliphatic rings. The first kappa shape index (κ1) is 82.7. The lowest BCUT2D eigenvalue weighted by molar-refractivity contribution is -0.385. The van der Waals surface area contributed by atoms with Crippen molar-refractivity contribution in [3.05, 3.63) is 0 Å². The maximum Gasteiger partial charge on any atom is 0.311 e. The normalized spacial score (nSPS) is 26.2. The Balaban J connectivity index is 2.28. The van der Waals surface area contributed by atoms with Crippen molar-refractivity contribution >= 4 is 59.6 Å². The molecular weight excluding hydrogens is 1230 g/mol. The summed E-state index contributed by atoms with van der Waals surface area (Å²) in [6, 6.07) is 0. The highest BCUT2D eigenvalue weighted by Gasteiger charge is 2.59. The molecule has 3 heterocycles. The first-order valence-corrected chi connectivity index (χ1v) is 34.1. The molecule has 540 valence electrons. The highest BCUT2D eigenvalue weighted by molar-refractivity contribution is 5.84. The van der Waals surface area contributed by atoms with Crippen LogP contribution in [0.2, 0.25) is 0 Å². The minimum absolute atomic E-state index is 0.126. The van der Waals surface area contributed by atoms with Gasteiger partial charge in [0.15, 0.2) is 67.7 Å². The van der Waals surface area contributed by atoms with Crippen LogP contribution in [-0.4, -0.2) is 189 Å². The molecule has 0 spiro atoms. The Kier molecular flexibility index (Phi) is 37.1. The van der Waals surface area contributed by atoms with Crippen molar-refractivity contribution in [2.75, 3.05) is 32.8 Å². The van der Waals surface area contributed by atoms with Crippen molar-refractivity contribution in [2.45, 2.75) is 331 Å². The first-order valence-electron chi connectivity index (χ1n) is 34.1. The Morgan fingerprint density at radius 2 is 0.787 bits per heavy atom. The van der Waals surface area contributed by atoms with Crippen LogP contribution in [0.25, 0.3) is 0 Å². The fourth-order valence-corrected chi connectivity index (χ4v) is 11.1. The van der Waals surface area contributed by atoms with Crippen molar-refractivity contribution in [3.63, 3.8) is 0 Å². The minimum atomic E-state index is -1.87. The highest BCUT2D eigenvalue weighted by atomic mass is 16.8. The quantitative estimate of drug-likeness (QED) is 0.0340. The summed E-state index contributed by atoms with van der Waals surface area (Å²) in [6.45, 7) is 22.0. The second-order valence-corrected chi connectivity index (χ2v) is 26.9. The van der Waals surface area contributed by atoms with E-state index in [1.54, 1.807) is 41.5 Å². The lowest BCUT2D eigenvalue weighted by Gasteiger charge is -2.50. The van der Waals surface area contributed by atoms with Gasteiger partial charge in [0.05, 0.1) is 36.2 Å². The summed E-state index contributed by atoms with van der Waals surface area (Å²) in [4.78, 5) is 135. The molecule has 1 N–H and O–H groups in total. The molecule has 0 aromatic heterocycles. The van der Waals surface area contributed by atoms with Crippen LogP contribution in [0.5, 0.6) is 0 Å². The zero-order chi connectivity index (χ0) is 70.3. The Labute approximate surface area is 557 Å². The van der Waals surface area contributed by atoms with Gasteiger partial charge >= 0.3 is 47.8 Å². The molecule has 0 saturated carbocycles. The molecule has 26 heteroatoms. The molecule has 0 radical (unpaired) electrons. The second-order valence-electron chi connectivity index (χ2n) is 26.9. The van der Waals surface area contributed by atoms with Crippen LogP contribution >= 0.6 is 0 Å². The van der Waals surface area contributed by atoms with Crippen LogP contribution < -0.4 is 5.32 Å². The Hall–Kier alpha value is -5.54. The van der Waals surface area contributed by atoms with E-state index >= 15 is 0 Å². The lowest BCUT2D eigenvalue weighted by atomic mass is 9.94. The predicted octanol–water partition coefficient (Wildman–Crippen LogP) is 8.91. The van der Waals surface area contributed by atoms with E-state index in [1.165, 1.54) is 70.1 Å². The third-order valence-corrected chi connectivity index (χ3v) is 16.0. The second kappa shape index (κ2) is 42.2. The average molecular weight is 1340 g/mol. The van der Waals surface area contributed by atoms with Crippen LogP contribution in [0.1, 0.15) is 239 Å². The van der Waals surface area contributed by atoms with E-state index < -0.39 is 170 Å². The van der Waals surface area contributed by atoms with Gasteiger partial charge in [-0.1, -0.05) is 123 Å². The molecule has 3 aliphatic heterocycles. The molecule has 0 aromatic rings. The Morgan fingerprint density at radius 3 is 1.20 bits per heavy atom. The summed E-state index contributed by atoms with van der Waals surface area (Å²) in [5, 5.41) is 2.98. The van der Waals surface area contributed by atoms with Crippen LogP contribution in [0.4, 0.5) is 0 Å². The number of esters is 8. The maximum absolute atomic E-state index is 14.7. The van der Waals surface area contributed by atoms with Gasteiger partial charge in [-0.05, 0) is 68.2 Å². The van der Waals surface area contributed by atoms with Gasteiger partial charge in [0.1, 0.15) is 18.8 Å². The molecule has 26 nitrogen and oxygen atoms in total. The standard InChI is InChI=1S/C68H114N2O24/c1-17-19-21-23-25-27-29-31-33-35-37-69-51(77)40-70(52(78)36-34-32-30-28-26-24-22-20-18-2)38-39-81-62-59(93-64-61(90-49(10)76)57(88-47(8)74)54(43(4)84-64)86-45(6)72)58(94-66(80)68(14,15)16)55(50(91-62)41-82-65(79)67(11,12)13)92-63-60(89-48(9)75)56(87-46(7)73)53(42(3)83-63)85-44(5)71/h42-43,50,53-64H,17-41H2,1-16H3,(H,69,77)/t42-,43-,50+,53-,54-,55+,56+,57+,58-,59+,60+,61+,62+,63-,64-/m0/s1. The van der Waals surface area contributed by atoms with Crippen LogP contribution in [0.3, 0.4) is 0 Å². The van der Waals surface area contributed by atoms with Crippen LogP contribution in [0, 0.1) is 10.8 Å². The SMILES string of the molecule is CCCCCCCCCCCCNC(=O)CN(CCO[C@@H]1O[C@H](COC(=O)C(C)(C)C)[C@@H](O[C@@H]2O[C@@H](C)[C@H](OC(C)=O)[C@@H](OC(C)=O)[C@H]2OC(C)=O)[C@H](OC(=O)C(C)(C)C)[C@H]1O[C@@H]1O[C@@H](C)[C@H](OC(C)=O)[C@@H](OC(C)=O)[C@H]1OC(C)=O)C(=O)CCCCCCCCCCC. The van der Waals surface area contributed by atoms with E-state index in [2.05, 4.69) is 19.2 Å². The van der Waals surface area contributed by atoms with Gasteiger partial charge in [-0.15, -0.1) is 0 Å². The number of nitrogens with zero attached hydrogens (tertiary/aromatic N) is 1. The van der Waals surface area contributed by atoms with Gasteiger partial charge < -0.3 is 76.5 Å². The number of hydrogen-bond donors (Lipinski definition) is 1. The van der Waals surface area contributed by atoms with Crippen molar-refractivity contribution in [3.8, 4) is 0 Å². The smallest absolute Gasteiger partial charge is 0.311 e. The molecule has 3 rings (SSSR count). The zero-order valence-electron chi connectivity index (χ0n) is 59.1. The van der Waals surface area contributed by atoms with E-state index in [0.717, 1.165) is 106 Å². The first-order chi connectivity index (χ1) is 44.3. The monoisotopic (exact) mass is 1340 g/mol. The number of nitrogens with one attached hydrogen (secondary N) is 1. The molecule has 2 amide bonds. The third-order valence-electron chi connectivity index (χ3n) is 16.0. The van der Waals surface area contributed by atoms with Crippen molar-refractivity contribution in [1.29, 1.82) is 0 Å². The van der Waals surface area contributed by atoms with E-state index in [1.807, 2.05) is 0 Å². The summed E-state index contributed by atoms with van der Waals surface area (Å²) in [5.41, 5.74) is -2.42. The number of unbranched alkanes of at least 4 members (excludes halogenated alkanes) is 17. The number of ether oxygens (including phenoxy) is 14. The fraction of sp³-hybridized carbons (Fsp3) is 0.853. The topological polar surface area (TPSA) is 315 Å². The van der Waals surface area contributed by atoms with Crippen LogP contribution in [0.15, 0.2) is 0 Å². The van der Waals surface area contributed by atoms with E-state index in [-0.39, 0.29) is 25.4 Å². The molecule has 0 bridgehead atoms. The Bertz CT molecular complexity index is 2370. The number of carbonyl (C=O) groups excluding carboxylic acids is 10. The average Bonchev–Trinajstić information content (AvgIpc) is 0.767. The minimum Gasteiger partial charge on any atom is -0.462 e. The van der Waals surface area contributed by atoms with Gasteiger partial charge in [0, 0.05) is 61.1 Å². The van der Waals surface area contributed by atoms with Crippen LogP contribution in [-0.2, 0) is 114 Å². The molecular formula is C68H114N2O24. The van der Waals surface area contributed by atoms with Crippen molar-refractivity contribution in [2.24, 2.45) is 10.8 Å². The van der Waals surface area contributed by atoms with E-state index in [9.17, 15) is 47.9 Å². The van der Waals surface area contributed by atoms with Gasteiger partial charge in [0.25, 0.3) is 0 Å². The molecule has 0 unspecified atom stereocenters. The van der Waals surface area contributed by atoms with Crippen molar-refractivity contribution < 1.29 is 114 Å². The summed E-state index contributed by atoms with van der Waals surface area (Å²) >= 11 is 0. The largest absolute Gasteiger partial charge is 0.462 e. The van der Waals surface area contributed by atoms with Crippen molar-refractivity contribution in [1.82, 2.24) is 10.2 Å². The van der Waals surface area contributed by atoms with Gasteiger partial charge in [0.2, 0.25) is 11.8 Å². The molecule has 94 heavy (non-hydrogen) atoms. The fourth-order valence-electron chi connectivity index (χ4n) is 11.1. The number of carbonyl (C=O) groups is 10. The number of amides is 2. The summed E-state index contributed by atoms with van der Waals surface area (Å²) < 4.78 is 86.4. The molecule has 3 fully saturated rings. The highest BCUT2D eigenvalue weighted by Crippen LogP contribution is 2.39. The predicted molar refractivity (Wildman–Crippen MR) is 339 cm³/mol. The lowest BCUT2D eigenvalue weighted by Crippen LogP contribution is -2.68. The maximum atomic E-state index is 14.7. The van der Waals surface area contributed by atoms with Gasteiger partial charge in [-0.3, -0.25) is 47.9 Å². The van der Waals surface area contributed by atoms with Gasteiger partial charge in [-0.25, -0.2) is 0 Å². The number of hydrogen-bond acceptors (Lipinski definition) is 24. The molecule has 3 saturated heterocycles. The third kappa shape index (κ3) is 29.8. The van der Waals surface area contributed by atoms with E-state index in [4.69, 9.17) is 66.3 Å². The molecule has 15 atom stereocenters.